The molecule has 2 fully saturated rings. The Bertz CT molecular complexity index is 887. The van der Waals surface area contributed by atoms with E-state index in [1.807, 2.05) is 20.8 Å². The summed E-state index contributed by atoms with van der Waals surface area (Å²) in [5.74, 6) is 7.35. The van der Waals surface area contributed by atoms with Gasteiger partial charge in [0, 0.05) is 24.7 Å². The van der Waals surface area contributed by atoms with Crippen molar-refractivity contribution in [3.63, 3.8) is 0 Å². The number of hydrogen-bond donors (Lipinski definition) is 0. The minimum atomic E-state index is -0.236. The van der Waals surface area contributed by atoms with Gasteiger partial charge >= 0.3 is 0 Å². The maximum Gasteiger partial charge on any atom is 0.124 e. The van der Waals surface area contributed by atoms with Gasteiger partial charge in [0.25, 0.3) is 0 Å². The standard InChI is InChI=1S/C14H17N.C9H7F.C4H8O.C2H6/c1-2-4-13-10(3-1)5-6-14(13)15-8-11-7-12(11)9-15;1-2-4-8-5-3-6-9(10)7-8;1-3-5-4-2;1-2/h1-4,11-12,14H,5-9H2;3,5-7H,1H3;3H,1,4H2,2H3;1-2H3. The van der Waals surface area contributed by atoms with Crippen LogP contribution in [-0.4, -0.2) is 24.6 Å². The second kappa shape index (κ2) is 13.8. The van der Waals surface area contributed by atoms with Crippen LogP contribution in [0.2, 0.25) is 0 Å². The SMILES string of the molecule is C=COCC.CC.CC#Cc1cccc(F)c1.c1ccc2c(c1)CCC2N1CC2CC2C1. The maximum atomic E-state index is 12.4. The van der Waals surface area contributed by atoms with Gasteiger partial charge in [0.2, 0.25) is 0 Å². The number of hydrogen-bond acceptors (Lipinski definition) is 2. The molecule has 1 saturated carbocycles. The predicted octanol–water partition coefficient (Wildman–Crippen LogP) is 7.02. The molecule has 1 aliphatic heterocycles. The average Bonchev–Trinajstić information content (AvgIpc) is 3.22. The fourth-order valence-electron chi connectivity index (χ4n) is 4.43. The van der Waals surface area contributed by atoms with Crippen LogP contribution in [-0.2, 0) is 11.2 Å². The van der Waals surface area contributed by atoms with E-state index in [4.69, 9.17) is 0 Å². The molecule has 0 N–H and O–H groups in total. The van der Waals surface area contributed by atoms with Crippen LogP contribution in [0.25, 0.3) is 0 Å². The number of likely N-dealkylation sites (tertiary alicyclic amines) is 1. The van der Waals surface area contributed by atoms with Gasteiger partial charge in [-0.3, -0.25) is 4.90 Å². The van der Waals surface area contributed by atoms with Crippen LogP contribution in [0, 0.1) is 29.5 Å². The third-order valence-corrected chi connectivity index (χ3v) is 5.93. The first-order chi connectivity index (χ1) is 15.7. The zero-order valence-electron chi connectivity index (χ0n) is 20.1. The summed E-state index contributed by atoms with van der Waals surface area (Å²) in [5, 5.41) is 0. The zero-order valence-corrected chi connectivity index (χ0v) is 20.1. The molecule has 0 radical (unpaired) electrons. The van der Waals surface area contributed by atoms with Gasteiger partial charge in [-0.15, -0.1) is 5.92 Å². The van der Waals surface area contributed by atoms with E-state index >= 15 is 0 Å². The Hall–Kier alpha value is -2.57. The molecule has 2 aliphatic carbocycles. The lowest BCUT2D eigenvalue weighted by molar-refractivity contribution is 0.220. The van der Waals surface area contributed by atoms with Crippen molar-refractivity contribution in [2.75, 3.05) is 19.7 Å². The Morgan fingerprint density at radius 3 is 2.44 bits per heavy atom. The lowest BCUT2D eigenvalue weighted by atomic mass is 10.1. The first kappa shape index (κ1) is 25.7. The molecule has 2 aromatic carbocycles. The topological polar surface area (TPSA) is 12.5 Å². The lowest BCUT2D eigenvalue weighted by Crippen LogP contribution is -2.26. The molecule has 0 aromatic heterocycles. The zero-order chi connectivity index (χ0) is 23.3. The fraction of sp³-hybridized carbons (Fsp3) is 0.448. The molecule has 3 heteroatoms. The number of benzene rings is 2. The Balaban J connectivity index is 0.000000186. The summed E-state index contributed by atoms with van der Waals surface area (Å²) in [5.41, 5.74) is 3.95. The Labute approximate surface area is 194 Å². The summed E-state index contributed by atoms with van der Waals surface area (Å²) in [6, 6.07) is 16.0. The highest BCUT2D eigenvalue weighted by molar-refractivity contribution is 5.35. The third kappa shape index (κ3) is 7.53. The van der Waals surface area contributed by atoms with E-state index in [1.54, 1.807) is 30.2 Å². The molecule has 2 aromatic rings. The van der Waals surface area contributed by atoms with Gasteiger partial charge < -0.3 is 4.74 Å². The first-order valence-corrected chi connectivity index (χ1v) is 11.9. The minimum absolute atomic E-state index is 0.236. The van der Waals surface area contributed by atoms with Crippen molar-refractivity contribution in [3.05, 3.63) is 83.9 Å². The van der Waals surface area contributed by atoms with E-state index in [9.17, 15) is 4.39 Å². The molecule has 0 spiro atoms. The third-order valence-electron chi connectivity index (χ3n) is 5.93. The lowest BCUT2D eigenvalue weighted by Gasteiger charge is -2.26. The monoisotopic (exact) mass is 435 g/mol. The van der Waals surface area contributed by atoms with E-state index in [1.165, 1.54) is 50.7 Å². The van der Waals surface area contributed by atoms with Crippen molar-refractivity contribution < 1.29 is 9.13 Å². The van der Waals surface area contributed by atoms with E-state index < -0.39 is 0 Å². The van der Waals surface area contributed by atoms with Crippen LogP contribution >= 0.6 is 0 Å². The average molecular weight is 436 g/mol. The molecule has 1 saturated heterocycles. The van der Waals surface area contributed by atoms with Gasteiger partial charge in [-0.25, -0.2) is 4.39 Å². The number of aryl methyl sites for hydroxylation is 1. The molecule has 0 bridgehead atoms. The molecule has 0 amide bonds. The van der Waals surface area contributed by atoms with Crippen molar-refractivity contribution in [1.82, 2.24) is 4.90 Å². The van der Waals surface area contributed by atoms with Crippen LogP contribution in [0.1, 0.15) is 63.3 Å². The molecule has 3 atom stereocenters. The number of rotatable bonds is 3. The van der Waals surface area contributed by atoms with E-state index in [0.29, 0.717) is 0 Å². The molecule has 1 heterocycles. The Morgan fingerprint density at radius 1 is 1.12 bits per heavy atom. The van der Waals surface area contributed by atoms with Crippen molar-refractivity contribution in [2.24, 2.45) is 11.8 Å². The summed E-state index contributed by atoms with van der Waals surface area (Å²) < 4.78 is 17.0. The molecular formula is C29H38FNO. The van der Waals surface area contributed by atoms with E-state index in [-0.39, 0.29) is 5.82 Å². The van der Waals surface area contributed by atoms with Crippen molar-refractivity contribution in [1.29, 1.82) is 0 Å². The molecule has 5 rings (SSSR count). The summed E-state index contributed by atoms with van der Waals surface area (Å²) in [6.45, 7) is 14.5. The van der Waals surface area contributed by atoms with Crippen LogP contribution in [0.15, 0.2) is 61.4 Å². The number of ether oxygens (including phenoxy) is 1. The second-order valence-electron chi connectivity index (χ2n) is 7.97. The highest BCUT2D eigenvalue weighted by atomic mass is 19.1. The van der Waals surface area contributed by atoms with Crippen LogP contribution < -0.4 is 0 Å². The van der Waals surface area contributed by atoms with Gasteiger partial charge in [-0.05, 0) is 74.3 Å². The number of nitrogens with zero attached hydrogens (tertiary/aromatic N) is 1. The number of fused-ring (bicyclic) bond motifs is 2. The van der Waals surface area contributed by atoms with Gasteiger partial charge in [0.05, 0.1) is 12.9 Å². The quantitative estimate of drug-likeness (QED) is 0.379. The largest absolute Gasteiger partial charge is 0.502 e. The summed E-state index contributed by atoms with van der Waals surface area (Å²) in [4.78, 5) is 2.74. The number of halogens is 1. The van der Waals surface area contributed by atoms with Crippen molar-refractivity contribution in [2.45, 2.75) is 53.0 Å². The predicted molar refractivity (Wildman–Crippen MR) is 133 cm³/mol. The minimum Gasteiger partial charge on any atom is -0.502 e. The van der Waals surface area contributed by atoms with Gasteiger partial charge in [-0.2, -0.15) is 0 Å². The second-order valence-corrected chi connectivity index (χ2v) is 7.97. The van der Waals surface area contributed by atoms with E-state index in [0.717, 1.165) is 30.0 Å². The molecule has 2 nitrogen and oxygen atoms in total. The van der Waals surface area contributed by atoms with Gasteiger partial charge in [-0.1, -0.05) is 56.7 Å². The van der Waals surface area contributed by atoms with Crippen LogP contribution in [0.4, 0.5) is 4.39 Å². The molecule has 32 heavy (non-hydrogen) atoms. The molecule has 3 aliphatic rings. The summed E-state index contributed by atoms with van der Waals surface area (Å²) >= 11 is 0. The Morgan fingerprint density at radius 2 is 1.84 bits per heavy atom. The Kier molecular flexibility index (Phi) is 11.0. The number of piperidine rings is 1. The normalized spacial score (nSPS) is 21.5. The van der Waals surface area contributed by atoms with Gasteiger partial charge in [0.1, 0.15) is 5.82 Å². The highest BCUT2D eigenvalue weighted by Crippen LogP contribution is 2.49. The maximum absolute atomic E-state index is 12.4. The van der Waals surface area contributed by atoms with Crippen molar-refractivity contribution in [3.8, 4) is 11.8 Å². The van der Waals surface area contributed by atoms with Crippen molar-refractivity contribution >= 4 is 0 Å². The van der Waals surface area contributed by atoms with Gasteiger partial charge in [0.15, 0.2) is 0 Å². The fourth-order valence-corrected chi connectivity index (χ4v) is 4.43. The molecular weight excluding hydrogens is 397 g/mol. The molecule has 3 unspecified atom stereocenters. The first-order valence-electron chi connectivity index (χ1n) is 11.9. The van der Waals surface area contributed by atoms with E-state index in [2.05, 4.69) is 52.3 Å². The smallest absolute Gasteiger partial charge is 0.124 e. The van der Waals surface area contributed by atoms with Crippen LogP contribution in [0.3, 0.4) is 0 Å². The summed E-state index contributed by atoms with van der Waals surface area (Å²) in [7, 11) is 0. The van der Waals surface area contributed by atoms with Crippen LogP contribution in [0.5, 0.6) is 0 Å². The molecule has 172 valence electrons. The highest BCUT2D eigenvalue weighted by Gasteiger charge is 2.47. The summed E-state index contributed by atoms with van der Waals surface area (Å²) in [6.07, 6.45) is 5.61.